The van der Waals surface area contributed by atoms with Crippen molar-refractivity contribution >= 4 is 11.9 Å². The Hall–Kier alpha value is -2.04. The maximum Gasteiger partial charge on any atom is 0.306 e. The molecule has 27 heavy (non-hydrogen) atoms. The van der Waals surface area contributed by atoms with E-state index in [4.69, 9.17) is 4.74 Å². The van der Waals surface area contributed by atoms with Crippen LogP contribution in [0.3, 0.4) is 0 Å². The number of phenols is 1. The van der Waals surface area contributed by atoms with Gasteiger partial charge in [0, 0.05) is 11.4 Å². The number of aryl methyl sites for hydroxylation is 1. The van der Waals surface area contributed by atoms with Gasteiger partial charge in [-0.15, -0.1) is 0 Å². The van der Waals surface area contributed by atoms with Crippen LogP contribution in [0.5, 0.6) is 5.75 Å². The Morgan fingerprint density at radius 3 is 2.81 bits per heavy atom. The highest BCUT2D eigenvalue weighted by Gasteiger charge is 2.56. The summed E-state index contributed by atoms with van der Waals surface area (Å²) >= 11 is 0. The van der Waals surface area contributed by atoms with Crippen molar-refractivity contribution in [2.75, 3.05) is 0 Å². The van der Waals surface area contributed by atoms with Crippen LogP contribution in [-0.4, -0.2) is 23.1 Å². The van der Waals surface area contributed by atoms with Gasteiger partial charge in [0.2, 0.25) is 0 Å². The minimum atomic E-state index is -1.21. The summed E-state index contributed by atoms with van der Waals surface area (Å²) in [6.45, 7) is 2.25. The Balaban J connectivity index is 1.49. The topological polar surface area (TPSA) is 86.7 Å². The second-order valence-electron chi connectivity index (χ2n) is 8.77. The molecule has 0 radical (unpaired) electrons. The summed E-state index contributed by atoms with van der Waals surface area (Å²) in [6.07, 6.45) is 5.62. The number of aromatic hydroxyl groups is 1. The molecular weight excluding hydrogens is 344 g/mol. The van der Waals surface area contributed by atoms with Crippen LogP contribution in [0.15, 0.2) is 18.2 Å². The minimum absolute atomic E-state index is 0.0211. The van der Waals surface area contributed by atoms with Gasteiger partial charge in [0.25, 0.3) is 0 Å². The lowest BCUT2D eigenvalue weighted by atomic mass is 9.55. The fourth-order valence-corrected chi connectivity index (χ4v) is 6.14. The number of carboxylic acid groups (broad SMARTS) is 1. The highest BCUT2D eigenvalue weighted by molar-refractivity contribution is 5.75. The monoisotopic (exact) mass is 371 g/mol. The molecule has 0 bridgehead atoms. The smallest absolute Gasteiger partial charge is 0.306 e. The van der Waals surface area contributed by atoms with Gasteiger partial charge in [0.1, 0.15) is 11.9 Å². The quantitative estimate of drug-likeness (QED) is 0.823. The second-order valence-corrected chi connectivity index (χ2v) is 8.77. The summed E-state index contributed by atoms with van der Waals surface area (Å²) in [5.74, 6) is 0.356. The summed E-state index contributed by atoms with van der Waals surface area (Å²) in [5.41, 5.74) is 2.65. The van der Waals surface area contributed by atoms with E-state index in [1.54, 1.807) is 6.07 Å². The summed E-state index contributed by atoms with van der Waals surface area (Å²) in [4.78, 5) is 22.6. The zero-order chi connectivity index (χ0) is 19.2. The first-order valence-electron chi connectivity index (χ1n) is 10.1. The Morgan fingerprint density at radius 1 is 1.22 bits per heavy atom. The zero-order valence-corrected chi connectivity index (χ0v) is 15.8. The van der Waals surface area contributed by atoms with E-state index < -0.39 is 11.9 Å². The first-order chi connectivity index (χ1) is 12.9. The lowest BCUT2D eigenvalue weighted by molar-refractivity contribution is -0.305. The van der Waals surface area contributed by atoms with Gasteiger partial charge in [0.05, 0.1) is 6.42 Å². The number of fused-ring (bicyclic) bond motifs is 5. The number of aliphatic carboxylic acids is 1. The number of esters is 1. The number of hydrogen-bond donors (Lipinski definition) is 1. The van der Waals surface area contributed by atoms with Crippen LogP contribution in [0, 0.1) is 17.3 Å². The van der Waals surface area contributed by atoms with Gasteiger partial charge in [0.15, 0.2) is 0 Å². The Bertz CT molecular complexity index is 757. The molecule has 0 unspecified atom stereocenters. The number of phenolic OH excluding ortho intramolecular Hbond substituents is 1. The molecule has 0 spiro atoms. The molecule has 0 heterocycles. The molecule has 5 atom stereocenters. The van der Waals surface area contributed by atoms with Gasteiger partial charge in [-0.05, 0) is 86.0 Å². The fourth-order valence-electron chi connectivity index (χ4n) is 6.14. The van der Waals surface area contributed by atoms with Gasteiger partial charge < -0.3 is 19.7 Å². The van der Waals surface area contributed by atoms with Crippen molar-refractivity contribution in [1.82, 2.24) is 0 Å². The van der Waals surface area contributed by atoms with Gasteiger partial charge in [-0.3, -0.25) is 4.79 Å². The first-order valence-corrected chi connectivity index (χ1v) is 10.1. The van der Waals surface area contributed by atoms with E-state index >= 15 is 0 Å². The molecular formula is C22H27O5-. The summed E-state index contributed by atoms with van der Waals surface area (Å²) in [6, 6.07) is 5.80. The van der Waals surface area contributed by atoms with Crippen molar-refractivity contribution in [3.63, 3.8) is 0 Å². The molecule has 4 rings (SSSR count). The third kappa shape index (κ3) is 3.21. The van der Waals surface area contributed by atoms with Crippen LogP contribution in [-0.2, 0) is 20.7 Å². The molecule has 2 saturated carbocycles. The zero-order valence-electron chi connectivity index (χ0n) is 15.8. The van der Waals surface area contributed by atoms with Crippen molar-refractivity contribution in [1.29, 1.82) is 0 Å². The third-order valence-corrected chi connectivity index (χ3v) is 7.43. The third-order valence-electron chi connectivity index (χ3n) is 7.43. The molecule has 1 aromatic carbocycles. The molecule has 0 aliphatic heterocycles. The number of hydrogen-bond acceptors (Lipinski definition) is 5. The Kier molecular flexibility index (Phi) is 4.65. The highest BCUT2D eigenvalue weighted by Crippen LogP contribution is 2.61. The van der Waals surface area contributed by atoms with Crippen molar-refractivity contribution in [3.05, 3.63) is 29.3 Å². The minimum Gasteiger partial charge on any atom is -0.550 e. The summed E-state index contributed by atoms with van der Waals surface area (Å²) < 4.78 is 5.74. The predicted octanol–water partition coefficient (Wildman–Crippen LogP) is 2.69. The first kappa shape index (κ1) is 18.3. The van der Waals surface area contributed by atoms with Crippen molar-refractivity contribution in [2.24, 2.45) is 17.3 Å². The molecule has 3 aliphatic carbocycles. The van der Waals surface area contributed by atoms with E-state index in [9.17, 15) is 19.8 Å². The SMILES string of the molecule is C[C@]12CC[C@@H]3c4ccc(O)cc4CC[C@H]3[C@@H]1CC[C@@H]2OC(=O)CCC(=O)[O-]. The molecule has 5 nitrogen and oxygen atoms in total. The number of ether oxygens (including phenoxy) is 1. The van der Waals surface area contributed by atoms with E-state index in [2.05, 4.69) is 13.0 Å². The van der Waals surface area contributed by atoms with Crippen molar-refractivity contribution < 1.29 is 24.5 Å². The van der Waals surface area contributed by atoms with Crippen LogP contribution in [0.4, 0.5) is 0 Å². The van der Waals surface area contributed by atoms with Crippen molar-refractivity contribution in [2.45, 2.75) is 70.3 Å². The molecule has 0 saturated heterocycles. The Labute approximate surface area is 159 Å². The van der Waals surface area contributed by atoms with Crippen LogP contribution >= 0.6 is 0 Å². The number of benzene rings is 1. The molecule has 1 aromatic rings. The van der Waals surface area contributed by atoms with E-state index in [0.29, 0.717) is 23.5 Å². The van der Waals surface area contributed by atoms with E-state index in [0.717, 1.165) is 38.5 Å². The molecule has 0 aromatic heterocycles. The van der Waals surface area contributed by atoms with Crippen LogP contribution in [0.25, 0.3) is 0 Å². The number of rotatable bonds is 4. The standard InChI is InChI=1S/C22H28O5/c1-22-11-10-16-15-5-3-14(23)12-13(15)2-4-17(16)18(22)6-7-19(22)27-21(26)9-8-20(24)25/h3,5,12,16-19,23H,2,4,6-11H2,1H3,(H,24,25)/p-1/t16-,17-,18+,19+,22+/m1/s1. The molecule has 0 amide bonds. The lowest BCUT2D eigenvalue weighted by Crippen LogP contribution is -2.45. The average Bonchev–Trinajstić information content (AvgIpc) is 2.96. The van der Waals surface area contributed by atoms with Crippen molar-refractivity contribution in [3.8, 4) is 5.75 Å². The number of carboxylic acids is 1. The largest absolute Gasteiger partial charge is 0.550 e. The molecule has 2 fully saturated rings. The fraction of sp³-hybridized carbons (Fsp3) is 0.636. The number of carbonyl (C=O) groups is 2. The molecule has 1 N–H and O–H groups in total. The van der Waals surface area contributed by atoms with Gasteiger partial charge in [-0.25, -0.2) is 0 Å². The normalized spacial score (nSPS) is 34.3. The van der Waals surface area contributed by atoms with Gasteiger partial charge in [-0.2, -0.15) is 0 Å². The van der Waals surface area contributed by atoms with Crippen LogP contribution < -0.4 is 5.11 Å². The van der Waals surface area contributed by atoms with E-state index in [1.807, 2.05) is 6.07 Å². The summed E-state index contributed by atoms with van der Waals surface area (Å²) in [5, 5.41) is 20.4. The van der Waals surface area contributed by atoms with Crippen LogP contribution in [0.1, 0.15) is 68.9 Å². The second kappa shape index (κ2) is 6.84. The predicted molar refractivity (Wildman–Crippen MR) is 96.8 cm³/mol. The summed E-state index contributed by atoms with van der Waals surface area (Å²) in [7, 11) is 0. The molecule has 146 valence electrons. The highest BCUT2D eigenvalue weighted by atomic mass is 16.5. The Morgan fingerprint density at radius 2 is 2.04 bits per heavy atom. The lowest BCUT2D eigenvalue weighted by Gasteiger charge is -2.50. The van der Waals surface area contributed by atoms with Crippen LogP contribution in [0.2, 0.25) is 0 Å². The van der Waals surface area contributed by atoms with Gasteiger partial charge in [-0.1, -0.05) is 13.0 Å². The average molecular weight is 371 g/mol. The van der Waals surface area contributed by atoms with Gasteiger partial charge >= 0.3 is 5.97 Å². The number of carbonyl (C=O) groups excluding carboxylic acids is 2. The molecule has 3 aliphatic rings. The molecule has 5 heteroatoms. The van der Waals surface area contributed by atoms with E-state index in [-0.39, 0.29) is 24.4 Å². The van der Waals surface area contributed by atoms with E-state index in [1.165, 1.54) is 11.1 Å². The maximum absolute atomic E-state index is 12.1. The maximum atomic E-state index is 12.1.